The number of hydrogen-bond donors (Lipinski definition) is 2. The molecule has 0 aliphatic heterocycles. The van der Waals surface area contributed by atoms with Gasteiger partial charge in [-0.3, -0.25) is 9.59 Å². The second kappa shape index (κ2) is 13.9. The highest BCUT2D eigenvalue weighted by Crippen LogP contribution is 2.29. The number of nitrogens with one attached hydrogen (secondary N) is 2. The van der Waals surface area contributed by atoms with Gasteiger partial charge in [0.05, 0.1) is 26.5 Å². The maximum atomic E-state index is 13.0. The SMILES string of the molecule is CCN(CC)CCCOc1ccc(NC(=O)c2ccc(OC)cc2)cc1NC(=O)c1ccc(OC)cc1. The van der Waals surface area contributed by atoms with Crippen LogP contribution in [-0.4, -0.2) is 57.2 Å². The first-order chi connectivity index (χ1) is 18.0. The molecule has 8 heteroatoms. The molecule has 0 saturated heterocycles. The van der Waals surface area contributed by atoms with Crippen molar-refractivity contribution in [3.05, 3.63) is 77.9 Å². The van der Waals surface area contributed by atoms with Crippen molar-refractivity contribution in [3.63, 3.8) is 0 Å². The minimum absolute atomic E-state index is 0.275. The number of hydrogen-bond acceptors (Lipinski definition) is 6. The van der Waals surface area contributed by atoms with Crippen molar-refractivity contribution in [2.24, 2.45) is 0 Å². The highest BCUT2D eigenvalue weighted by atomic mass is 16.5. The van der Waals surface area contributed by atoms with Gasteiger partial charge in [-0.1, -0.05) is 13.8 Å². The molecule has 37 heavy (non-hydrogen) atoms. The molecule has 0 bridgehead atoms. The molecule has 0 radical (unpaired) electrons. The zero-order chi connectivity index (χ0) is 26.6. The summed E-state index contributed by atoms with van der Waals surface area (Å²) < 4.78 is 16.4. The predicted molar refractivity (Wildman–Crippen MR) is 146 cm³/mol. The van der Waals surface area contributed by atoms with Gasteiger partial charge in [0, 0.05) is 23.4 Å². The van der Waals surface area contributed by atoms with Crippen molar-refractivity contribution in [1.29, 1.82) is 0 Å². The normalized spacial score (nSPS) is 10.6. The van der Waals surface area contributed by atoms with Gasteiger partial charge >= 0.3 is 0 Å². The monoisotopic (exact) mass is 505 g/mol. The number of benzene rings is 3. The summed E-state index contributed by atoms with van der Waals surface area (Å²) in [6.07, 6.45) is 0.851. The number of ether oxygens (including phenoxy) is 3. The van der Waals surface area contributed by atoms with Gasteiger partial charge in [0.2, 0.25) is 0 Å². The lowest BCUT2D eigenvalue weighted by atomic mass is 10.1. The van der Waals surface area contributed by atoms with Crippen molar-refractivity contribution in [2.45, 2.75) is 20.3 Å². The maximum Gasteiger partial charge on any atom is 0.255 e. The Morgan fingerprint density at radius 3 is 1.81 bits per heavy atom. The Hall–Kier alpha value is -4.04. The van der Waals surface area contributed by atoms with E-state index >= 15 is 0 Å². The molecule has 3 rings (SSSR count). The second-order valence-electron chi connectivity index (χ2n) is 8.31. The van der Waals surface area contributed by atoms with Crippen LogP contribution in [0.4, 0.5) is 11.4 Å². The van der Waals surface area contributed by atoms with E-state index in [1.807, 2.05) is 0 Å². The topological polar surface area (TPSA) is 89.1 Å². The van der Waals surface area contributed by atoms with Gasteiger partial charge < -0.3 is 29.7 Å². The Kier molecular flexibility index (Phi) is 10.3. The summed E-state index contributed by atoms with van der Waals surface area (Å²) in [4.78, 5) is 28.1. The summed E-state index contributed by atoms with van der Waals surface area (Å²) in [6, 6.07) is 18.9. The fourth-order valence-corrected chi connectivity index (χ4v) is 3.72. The molecule has 2 amide bonds. The predicted octanol–water partition coefficient (Wildman–Crippen LogP) is 5.32. The first kappa shape index (κ1) is 27.5. The Bertz CT molecular complexity index is 1160. The fourth-order valence-electron chi connectivity index (χ4n) is 3.72. The van der Waals surface area contributed by atoms with Crippen molar-refractivity contribution in [2.75, 3.05) is 51.1 Å². The zero-order valence-electron chi connectivity index (χ0n) is 21.9. The van der Waals surface area contributed by atoms with E-state index in [1.54, 1.807) is 80.9 Å². The lowest BCUT2D eigenvalue weighted by Crippen LogP contribution is -2.25. The van der Waals surface area contributed by atoms with Crippen LogP contribution in [0.15, 0.2) is 66.7 Å². The average molecular weight is 506 g/mol. The minimum Gasteiger partial charge on any atom is -0.497 e. The van der Waals surface area contributed by atoms with Crippen molar-refractivity contribution in [1.82, 2.24) is 4.90 Å². The maximum absolute atomic E-state index is 13.0. The van der Waals surface area contributed by atoms with E-state index in [1.165, 1.54) is 0 Å². The van der Waals surface area contributed by atoms with Crippen LogP contribution in [0.5, 0.6) is 17.2 Å². The fraction of sp³-hybridized carbons (Fsp3) is 0.310. The first-order valence-electron chi connectivity index (χ1n) is 12.4. The minimum atomic E-state index is -0.297. The smallest absolute Gasteiger partial charge is 0.255 e. The third-order valence-electron chi connectivity index (χ3n) is 5.96. The zero-order valence-corrected chi connectivity index (χ0v) is 21.9. The highest BCUT2D eigenvalue weighted by molar-refractivity contribution is 6.07. The molecule has 2 N–H and O–H groups in total. The van der Waals surface area contributed by atoms with Gasteiger partial charge in [0.25, 0.3) is 11.8 Å². The Morgan fingerprint density at radius 1 is 0.757 bits per heavy atom. The van der Waals surface area contributed by atoms with E-state index in [9.17, 15) is 9.59 Å². The molecular formula is C29H35N3O5. The van der Waals surface area contributed by atoms with E-state index in [0.29, 0.717) is 46.4 Å². The molecule has 8 nitrogen and oxygen atoms in total. The summed E-state index contributed by atoms with van der Waals surface area (Å²) in [5.41, 5.74) is 1.96. The van der Waals surface area contributed by atoms with Gasteiger partial charge in [-0.15, -0.1) is 0 Å². The number of carbonyl (C=O) groups excluding carboxylic acids is 2. The number of amides is 2. The molecule has 0 fully saturated rings. The second-order valence-corrected chi connectivity index (χ2v) is 8.31. The van der Waals surface area contributed by atoms with Crippen LogP contribution in [0, 0.1) is 0 Å². The lowest BCUT2D eigenvalue weighted by molar-refractivity contribution is 0.101. The van der Waals surface area contributed by atoms with Gasteiger partial charge in [-0.2, -0.15) is 0 Å². The first-order valence-corrected chi connectivity index (χ1v) is 12.4. The third kappa shape index (κ3) is 7.98. The molecule has 0 saturated carbocycles. The molecule has 196 valence electrons. The van der Waals surface area contributed by atoms with Gasteiger partial charge in [-0.05, 0) is 86.2 Å². The molecule has 0 unspecified atom stereocenters. The number of methoxy groups -OCH3 is 2. The van der Waals surface area contributed by atoms with E-state index in [2.05, 4.69) is 29.4 Å². The van der Waals surface area contributed by atoms with Crippen LogP contribution >= 0.6 is 0 Å². The van der Waals surface area contributed by atoms with Crippen molar-refractivity contribution >= 4 is 23.2 Å². The summed E-state index contributed by atoms with van der Waals surface area (Å²) in [5, 5.41) is 5.80. The molecule has 0 aromatic heterocycles. The number of carbonyl (C=O) groups is 2. The molecule has 3 aromatic rings. The molecule has 0 aliphatic rings. The summed E-state index contributed by atoms with van der Waals surface area (Å²) in [7, 11) is 3.15. The van der Waals surface area contributed by atoms with Gasteiger partial charge in [0.15, 0.2) is 0 Å². The molecule has 0 aliphatic carbocycles. The van der Waals surface area contributed by atoms with Gasteiger partial charge in [0.1, 0.15) is 17.2 Å². The molecule has 0 heterocycles. The Balaban J connectivity index is 1.76. The van der Waals surface area contributed by atoms with E-state index < -0.39 is 0 Å². The molecular weight excluding hydrogens is 470 g/mol. The van der Waals surface area contributed by atoms with Crippen molar-refractivity contribution in [3.8, 4) is 17.2 Å². The van der Waals surface area contributed by atoms with Crippen LogP contribution in [0.2, 0.25) is 0 Å². The van der Waals surface area contributed by atoms with E-state index in [4.69, 9.17) is 14.2 Å². The Labute approximate surface area is 218 Å². The molecule has 0 spiro atoms. The van der Waals surface area contributed by atoms with Crippen molar-refractivity contribution < 1.29 is 23.8 Å². The number of nitrogens with zero attached hydrogens (tertiary/aromatic N) is 1. The molecule has 0 atom stereocenters. The quantitative estimate of drug-likeness (QED) is 0.306. The van der Waals surface area contributed by atoms with E-state index in [0.717, 1.165) is 26.1 Å². The van der Waals surface area contributed by atoms with Crippen LogP contribution in [0.1, 0.15) is 41.0 Å². The van der Waals surface area contributed by atoms with Crippen LogP contribution in [0.3, 0.4) is 0 Å². The van der Waals surface area contributed by atoms with Crippen LogP contribution in [-0.2, 0) is 0 Å². The number of rotatable bonds is 13. The molecule has 3 aromatic carbocycles. The lowest BCUT2D eigenvalue weighted by Gasteiger charge is -2.19. The number of anilines is 2. The largest absolute Gasteiger partial charge is 0.497 e. The van der Waals surface area contributed by atoms with E-state index in [-0.39, 0.29) is 11.8 Å². The van der Waals surface area contributed by atoms with Crippen LogP contribution in [0.25, 0.3) is 0 Å². The summed E-state index contributed by atoms with van der Waals surface area (Å²) in [5.74, 6) is 1.29. The summed E-state index contributed by atoms with van der Waals surface area (Å²) in [6.45, 7) is 7.67. The van der Waals surface area contributed by atoms with Gasteiger partial charge in [-0.25, -0.2) is 0 Å². The third-order valence-corrected chi connectivity index (χ3v) is 5.96. The Morgan fingerprint density at radius 2 is 1.30 bits per heavy atom. The standard InChI is InChI=1S/C29H35N3O5/c1-5-32(6-2)18-7-19-37-27-17-12-23(30-28(33)21-8-13-24(35-3)14-9-21)20-26(27)31-29(34)22-10-15-25(36-4)16-11-22/h8-17,20H,5-7,18-19H2,1-4H3,(H,30,33)(H,31,34). The highest BCUT2D eigenvalue weighted by Gasteiger charge is 2.14. The van der Waals surface area contributed by atoms with Crippen LogP contribution < -0.4 is 24.8 Å². The average Bonchev–Trinajstić information content (AvgIpc) is 2.94. The summed E-state index contributed by atoms with van der Waals surface area (Å²) >= 11 is 0.